The SMILES string of the molecule is CC(C)(C)OC(=O)NC1CC(Cc2ccccc2)N(C(=O)O)C1. The Morgan fingerprint density at radius 3 is 2.52 bits per heavy atom. The van der Waals surface area contributed by atoms with Gasteiger partial charge in [0.1, 0.15) is 5.60 Å². The van der Waals surface area contributed by atoms with Crippen LogP contribution < -0.4 is 5.32 Å². The van der Waals surface area contributed by atoms with Gasteiger partial charge in [0.2, 0.25) is 0 Å². The number of likely N-dealkylation sites (tertiary alicyclic amines) is 1. The molecular formula is C17H24N2O4. The zero-order chi connectivity index (χ0) is 17.0. The van der Waals surface area contributed by atoms with Gasteiger partial charge in [0.25, 0.3) is 0 Å². The zero-order valence-electron chi connectivity index (χ0n) is 13.8. The van der Waals surface area contributed by atoms with Crippen LogP contribution in [0.1, 0.15) is 32.8 Å². The van der Waals surface area contributed by atoms with Gasteiger partial charge in [0, 0.05) is 12.6 Å². The molecule has 0 radical (unpaired) electrons. The lowest BCUT2D eigenvalue weighted by atomic mass is 10.0. The minimum absolute atomic E-state index is 0.144. The second-order valence-corrected chi connectivity index (χ2v) is 6.86. The van der Waals surface area contributed by atoms with Crippen molar-refractivity contribution in [3.05, 3.63) is 35.9 Å². The van der Waals surface area contributed by atoms with Crippen LogP contribution in [-0.2, 0) is 11.2 Å². The van der Waals surface area contributed by atoms with E-state index in [4.69, 9.17) is 4.74 Å². The molecule has 6 heteroatoms. The van der Waals surface area contributed by atoms with E-state index in [0.29, 0.717) is 12.8 Å². The Kier molecular flexibility index (Phi) is 5.13. The highest BCUT2D eigenvalue weighted by atomic mass is 16.6. The molecule has 2 rings (SSSR count). The summed E-state index contributed by atoms with van der Waals surface area (Å²) >= 11 is 0. The molecular weight excluding hydrogens is 296 g/mol. The van der Waals surface area contributed by atoms with E-state index >= 15 is 0 Å². The van der Waals surface area contributed by atoms with E-state index in [1.54, 1.807) is 20.8 Å². The minimum atomic E-state index is -0.959. The Bertz CT molecular complexity index is 553. The van der Waals surface area contributed by atoms with E-state index in [1.807, 2.05) is 30.3 Å². The maximum atomic E-state index is 11.9. The number of amides is 2. The summed E-state index contributed by atoms with van der Waals surface area (Å²) in [7, 11) is 0. The Hall–Kier alpha value is -2.24. The third kappa shape index (κ3) is 5.16. The summed E-state index contributed by atoms with van der Waals surface area (Å²) in [5, 5.41) is 12.2. The van der Waals surface area contributed by atoms with Crippen LogP contribution in [0.2, 0.25) is 0 Å². The molecule has 1 aliphatic heterocycles. The second kappa shape index (κ2) is 6.89. The first kappa shape index (κ1) is 17.1. The average molecular weight is 320 g/mol. The summed E-state index contributed by atoms with van der Waals surface area (Å²) in [6, 6.07) is 9.39. The quantitative estimate of drug-likeness (QED) is 0.897. The van der Waals surface area contributed by atoms with E-state index in [9.17, 15) is 14.7 Å². The van der Waals surface area contributed by atoms with Gasteiger partial charge in [0.15, 0.2) is 0 Å². The highest BCUT2D eigenvalue weighted by Crippen LogP contribution is 2.22. The smallest absolute Gasteiger partial charge is 0.407 e. The number of nitrogens with one attached hydrogen (secondary N) is 1. The van der Waals surface area contributed by atoms with Crippen molar-refractivity contribution in [2.45, 2.75) is 51.3 Å². The van der Waals surface area contributed by atoms with Crippen LogP contribution in [0.3, 0.4) is 0 Å². The Morgan fingerprint density at radius 2 is 1.96 bits per heavy atom. The molecule has 23 heavy (non-hydrogen) atoms. The number of benzene rings is 1. The molecule has 2 atom stereocenters. The summed E-state index contributed by atoms with van der Waals surface area (Å²) in [5.41, 5.74) is 0.514. The van der Waals surface area contributed by atoms with E-state index in [0.717, 1.165) is 5.56 Å². The molecule has 1 saturated heterocycles. The zero-order valence-corrected chi connectivity index (χ0v) is 13.8. The number of hydrogen-bond acceptors (Lipinski definition) is 3. The second-order valence-electron chi connectivity index (χ2n) is 6.86. The minimum Gasteiger partial charge on any atom is -0.465 e. The molecule has 0 aliphatic carbocycles. The molecule has 1 aliphatic rings. The van der Waals surface area contributed by atoms with Crippen molar-refractivity contribution in [1.82, 2.24) is 10.2 Å². The summed E-state index contributed by atoms with van der Waals surface area (Å²) in [4.78, 5) is 24.7. The fourth-order valence-electron chi connectivity index (χ4n) is 2.81. The lowest BCUT2D eigenvalue weighted by molar-refractivity contribution is 0.0505. The third-order valence-electron chi connectivity index (χ3n) is 3.70. The average Bonchev–Trinajstić information content (AvgIpc) is 2.80. The van der Waals surface area contributed by atoms with Crippen molar-refractivity contribution in [3.63, 3.8) is 0 Å². The highest BCUT2D eigenvalue weighted by molar-refractivity contribution is 5.69. The monoisotopic (exact) mass is 320 g/mol. The molecule has 0 saturated carbocycles. The Morgan fingerprint density at radius 1 is 1.30 bits per heavy atom. The van der Waals surface area contributed by atoms with E-state index in [-0.39, 0.29) is 18.6 Å². The van der Waals surface area contributed by atoms with Gasteiger partial charge in [-0.05, 0) is 39.2 Å². The van der Waals surface area contributed by atoms with Crippen LogP contribution in [0.5, 0.6) is 0 Å². The fraction of sp³-hybridized carbons (Fsp3) is 0.529. The maximum absolute atomic E-state index is 11.9. The number of alkyl carbamates (subject to hydrolysis) is 1. The van der Waals surface area contributed by atoms with Crippen LogP contribution in [0.4, 0.5) is 9.59 Å². The fourth-order valence-corrected chi connectivity index (χ4v) is 2.81. The normalized spacial score (nSPS) is 21.1. The molecule has 2 unspecified atom stereocenters. The van der Waals surface area contributed by atoms with Crippen molar-refractivity contribution in [3.8, 4) is 0 Å². The summed E-state index contributed by atoms with van der Waals surface area (Å²) in [6.07, 6.45) is -0.243. The van der Waals surface area contributed by atoms with Crippen LogP contribution in [-0.4, -0.2) is 46.4 Å². The summed E-state index contributed by atoms with van der Waals surface area (Å²) < 4.78 is 5.23. The van der Waals surface area contributed by atoms with Crippen molar-refractivity contribution >= 4 is 12.2 Å². The van der Waals surface area contributed by atoms with Crippen LogP contribution in [0.15, 0.2) is 30.3 Å². The molecule has 6 nitrogen and oxygen atoms in total. The number of rotatable bonds is 3. The molecule has 1 fully saturated rings. The number of carboxylic acid groups (broad SMARTS) is 1. The number of carbonyl (C=O) groups excluding carboxylic acids is 1. The van der Waals surface area contributed by atoms with Gasteiger partial charge in [-0.1, -0.05) is 30.3 Å². The van der Waals surface area contributed by atoms with E-state index in [2.05, 4.69) is 5.32 Å². The van der Waals surface area contributed by atoms with Gasteiger partial charge < -0.3 is 20.1 Å². The molecule has 1 aromatic carbocycles. The third-order valence-corrected chi connectivity index (χ3v) is 3.70. The van der Waals surface area contributed by atoms with Crippen LogP contribution in [0.25, 0.3) is 0 Å². The number of ether oxygens (including phenoxy) is 1. The van der Waals surface area contributed by atoms with Crippen molar-refractivity contribution in [2.75, 3.05) is 6.54 Å². The molecule has 126 valence electrons. The summed E-state index contributed by atoms with van der Waals surface area (Å²) in [5.74, 6) is 0. The van der Waals surface area contributed by atoms with Crippen LogP contribution in [0, 0.1) is 0 Å². The molecule has 2 N–H and O–H groups in total. The standard InChI is InChI=1S/C17H24N2O4/c1-17(2,3)23-15(20)18-13-10-14(19(11-13)16(21)22)9-12-7-5-4-6-8-12/h4-8,13-14H,9-11H2,1-3H3,(H,18,20)(H,21,22). The first-order valence-electron chi connectivity index (χ1n) is 7.77. The number of nitrogens with zero attached hydrogens (tertiary/aromatic N) is 1. The lowest BCUT2D eigenvalue weighted by Gasteiger charge is -2.21. The first-order valence-corrected chi connectivity index (χ1v) is 7.77. The molecule has 0 aromatic heterocycles. The van der Waals surface area contributed by atoms with Gasteiger partial charge in [-0.25, -0.2) is 9.59 Å². The topological polar surface area (TPSA) is 78.9 Å². The van der Waals surface area contributed by atoms with Gasteiger partial charge in [-0.15, -0.1) is 0 Å². The number of carbonyl (C=O) groups is 2. The highest BCUT2D eigenvalue weighted by Gasteiger charge is 2.36. The van der Waals surface area contributed by atoms with Gasteiger partial charge >= 0.3 is 12.2 Å². The summed E-state index contributed by atoms with van der Waals surface area (Å²) in [6.45, 7) is 5.67. The Labute approximate surface area is 136 Å². The van der Waals surface area contributed by atoms with Gasteiger partial charge in [0.05, 0.1) is 6.04 Å². The number of hydrogen-bond donors (Lipinski definition) is 2. The Balaban J connectivity index is 1.98. The van der Waals surface area contributed by atoms with Crippen LogP contribution >= 0.6 is 0 Å². The predicted molar refractivity (Wildman–Crippen MR) is 86.4 cm³/mol. The van der Waals surface area contributed by atoms with Crippen molar-refractivity contribution in [1.29, 1.82) is 0 Å². The van der Waals surface area contributed by atoms with E-state index in [1.165, 1.54) is 4.90 Å². The van der Waals surface area contributed by atoms with E-state index < -0.39 is 17.8 Å². The van der Waals surface area contributed by atoms with Gasteiger partial charge in [-0.2, -0.15) is 0 Å². The predicted octanol–water partition coefficient (Wildman–Crippen LogP) is 2.87. The molecule has 1 heterocycles. The largest absolute Gasteiger partial charge is 0.465 e. The molecule has 2 amide bonds. The van der Waals surface area contributed by atoms with Crippen molar-refractivity contribution < 1.29 is 19.4 Å². The molecule has 0 spiro atoms. The first-order chi connectivity index (χ1) is 10.7. The molecule has 1 aromatic rings. The lowest BCUT2D eigenvalue weighted by Crippen LogP contribution is -2.41. The molecule has 0 bridgehead atoms. The van der Waals surface area contributed by atoms with Crippen molar-refractivity contribution in [2.24, 2.45) is 0 Å². The maximum Gasteiger partial charge on any atom is 0.407 e. The van der Waals surface area contributed by atoms with Gasteiger partial charge in [-0.3, -0.25) is 0 Å².